The van der Waals surface area contributed by atoms with Crippen molar-refractivity contribution in [1.82, 2.24) is 9.55 Å². The molecular weight excluding hydrogens is 246 g/mol. The van der Waals surface area contributed by atoms with Crippen LogP contribution in [0.15, 0.2) is 6.20 Å². The molecule has 0 aliphatic carbocycles. The topological polar surface area (TPSA) is 39.1 Å². The number of nitrogens with zero attached hydrogens (tertiary/aromatic N) is 2. The SMILES string of the molecule is CCSCC(C)n1cc(C)nc1NCCCOC. The van der Waals surface area contributed by atoms with Gasteiger partial charge >= 0.3 is 0 Å². The zero-order chi connectivity index (χ0) is 13.4. The number of anilines is 1. The normalized spacial score (nSPS) is 12.7. The summed E-state index contributed by atoms with van der Waals surface area (Å²) in [6.45, 7) is 8.16. The molecule has 5 heteroatoms. The molecule has 1 aromatic rings. The minimum Gasteiger partial charge on any atom is -0.385 e. The predicted octanol–water partition coefficient (Wildman–Crippen LogP) is 2.95. The van der Waals surface area contributed by atoms with Crippen molar-refractivity contribution in [3.8, 4) is 0 Å². The second-order valence-corrected chi connectivity index (χ2v) is 5.71. The van der Waals surface area contributed by atoms with Gasteiger partial charge in [-0.2, -0.15) is 11.8 Å². The van der Waals surface area contributed by atoms with Crippen LogP contribution in [0.4, 0.5) is 5.95 Å². The van der Waals surface area contributed by atoms with Crippen molar-refractivity contribution >= 4 is 17.7 Å². The van der Waals surface area contributed by atoms with E-state index >= 15 is 0 Å². The molecule has 1 aromatic heterocycles. The van der Waals surface area contributed by atoms with E-state index in [0.717, 1.165) is 42.7 Å². The van der Waals surface area contributed by atoms with Crippen LogP contribution in [-0.2, 0) is 4.74 Å². The van der Waals surface area contributed by atoms with Crippen LogP contribution in [0.25, 0.3) is 0 Å². The van der Waals surface area contributed by atoms with E-state index in [1.54, 1.807) is 7.11 Å². The Bertz CT molecular complexity index is 341. The van der Waals surface area contributed by atoms with Crippen molar-refractivity contribution in [3.63, 3.8) is 0 Å². The molecule has 0 aliphatic rings. The van der Waals surface area contributed by atoms with Crippen molar-refractivity contribution in [3.05, 3.63) is 11.9 Å². The van der Waals surface area contributed by atoms with E-state index in [1.165, 1.54) is 0 Å². The van der Waals surface area contributed by atoms with E-state index in [2.05, 4.69) is 34.9 Å². The quantitative estimate of drug-likeness (QED) is 0.701. The maximum absolute atomic E-state index is 5.05. The van der Waals surface area contributed by atoms with Crippen LogP contribution >= 0.6 is 11.8 Å². The van der Waals surface area contributed by atoms with Gasteiger partial charge in [-0.15, -0.1) is 0 Å². The van der Waals surface area contributed by atoms with E-state index in [-0.39, 0.29) is 0 Å². The Morgan fingerprint density at radius 2 is 2.33 bits per heavy atom. The monoisotopic (exact) mass is 271 g/mol. The lowest BCUT2D eigenvalue weighted by molar-refractivity contribution is 0.197. The number of nitrogens with one attached hydrogen (secondary N) is 1. The average Bonchev–Trinajstić information content (AvgIpc) is 2.73. The highest BCUT2D eigenvalue weighted by Gasteiger charge is 2.11. The Morgan fingerprint density at radius 3 is 3.00 bits per heavy atom. The van der Waals surface area contributed by atoms with Gasteiger partial charge in [0.2, 0.25) is 5.95 Å². The molecule has 1 unspecified atom stereocenters. The summed E-state index contributed by atoms with van der Waals surface area (Å²) in [6.07, 6.45) is 3.13. The second kappa shape index (κ2) is 8.43. The van der Waals surface area contributed by atoms with Crippen LogP contribution in [-0.4, -0.2) is 41.3 Å². The molecule has 0 saturated heterocycles. The standard InChI is InChI=1S/C13H25N3OS/c1-5-18-10-12(3)16-9-11(2)15-13(16)14-7-6-8-17-4/h9,12H,5-8,10H2,1-4H3,(H,14,15). The van der Waals surface area contributed by atoms with E-state index in [4.69, 9.17) is 4.74 Å². The number of imidazole rings is 1. The molecular formula is C13H25N3OS. The number of hydrogen-bond acceptors (Lipinski definition) is 4. The van der Waals surface area contributed by atoms with E-state index < -0.39 is 0 Å². The van der Waals surface area contributed by atoms with Crippen molar-refractivity contribution in [2.24, 2.45) is 0 Å². The molecule has 0 saturated carbocycles. The summed E-state index contributed by atoms with van der Waals surface area (Å²) in [5.41, 5.74) is 1.07. The summed E-state index contributed by atoms with van der Waals surface area (Å²) in [4.78, 5) is 4.54. The Balaban J connectivity index is 2.55. The van der Waals surface area contributed by atoms with Crippen LogP contribution in [0.5, 0.6) is 0 Å². The number of thioether (sulfide) groups is 1. The van der Waals surface area contributed by atoms with Gasteiger partial charge < -0.3 is 14.6 Å². The Kier molecular flexibility index (Phi) is 7.20. The first kappa shape index (κ1) is 15.4. The van der Waals surface area contributed by atoms with Gasteiger partial charge in [-0.25, -0.2) is 4.98 Å². The van der Waals surface area contributed by atoms with E-state index in [1.807, 2.05) is 18.7 Å². The fourth-order valence-electron chi connectivity index (χ4n) is 1.77. The van der Waals surface area contributed by atoms with Gasteiger partial charge in [0.05, 0.1) is 5.69 Å². The van der Waals surface area contributed by atoms with Gasteiger partial charge in [-0.05, 0) is 26.0 Å². The fourth-order valence-corrected chi connectivity index (χ4v) is 2.51. The van der Waals surface area contributed by atoms with Crippen LogP contribution in [0, 0.1) is 6.92 Å². The van der Waals surface area contributed by atoms with Gasteiger partial charge in [0, 0.05) is 38.3 Å². The number of hydrogen-bond donors (Lipinski definition) is 1. The van der Waals surface area contributed by atoms with Crippen LogP contribution in [0.3, 0.4) is 0 Å². The van der Waals surface area contributed by atoms with Crippen molar-refractivity contribution < 1.29 is 4.74 Å². The Labute approximate surface area is 115 Å². The van der Waals surface area contributed by atoms with Crippen molar-refractivity contribution in [2.75, 3.05) is 37.1 Å². The lowest BCUT2D eigenvalue weighted by atomic mass is 10.4. The summed E-state index contributed by atoms with van der Waals surface area (Å²) in [5, 5.41) is 3.39. The summed E-state index contributed by atoms with van der Waals surface area (Å²) in [7, 11) is 1.73. The summed E-state index contributed by atoms with van der Waals surface area (Å²) < 4.78 is 7.29. The smallest absolute Gasteiger partial charge is 0.203 e. The van der Waals surface area contributed by atoms with E-state index in [9.17, 15) is 0 Å². The van der Waals surface area contributed by atoms with Crippen LogP contribution < -0.4 is 5.32 Å². The molecule has 0 bridgehead atoms. The summed E-state index contributed by atoms with van der Waals surface area (Å²) in [5.74, 6) is 3.26. The molecule has 0 aromatic carbocycles. The number of aromatic nitrogens is 2. The third-order valence-corrected chi connectivity index (χ3v) is 3.83. The van der Waals surface area contributed by atoms with Gasteiger partial charge in [-0.1, -0.05) is 6.92 Å². The summed E-state index contributed by atoms with van der Waals surface area (Å²) in [6, 6.07) is 0.473. The molecule has 0 radical (unpaired) electrons. The Morgan fingerprint density at radius 1 is 1.56 bits per heavy atom. The van der Waals surface area contributed by atoms with Crippen LogP contribution in [0.1, 0.15) is 32.0 Å². The molecule has 0 amide bonds. The lowest BCUT2D eigenvalue weighted by Gasteiger charge is -2.16. The number of aryl methyl sites for hydroxylation is 1. The highest BCUT2D eigenvalue weighted by Crippen LogP contribution is 2.19. The minimum atomic E-state index is 0.473. The highest BCUT2D eigenvalue weighted by molar-refractivity contribution is 7.99. The predicted molar refractivity (Wildman–Crippen MR) is 79.7 cm³/mol. The van der Waals surface area contributed by atoms with Gasteiger partial charge in [0.25, 0.3) is 0 Å². The lowest BCUT2D eigenvalue weighted by Crippen LogP contribution is -2.14. The second-order valence-electron chi connectivity index (χ2n) is 4.39. The fraction of sp³-hybridized carbons (Fsp3) is 0.769. The third-order valence-electron chi connectivity index (χ3n) is 2.70. The molecule has 1 atom stereocenters. The first-order chi connectivity index (χ1) is 8.69. The molecule has 0 fully saturated rings. The summed E-state index contributed by atoms with van der Waals surface area (Å²) >= 11 is 1.96. The van der Waals surface area contributed by atoms with E-state index in [0.29, 0.717) is 6.04 Å². The highest BCUT2D eigenvalue weighted by atomic mass is 32.2. The molecule has 4 nitrogen and oxygen atoms in total. The van der Waals surface area contributed by atoms with Crippen molar-refractivity contribution in [2.45, 2.75) is 33.2 Å². The van der Waals surface area contributed by atoms with Gasteiger partial charge in [0.1, 0.15) is 0 Å². The average molecular weight is 271 g/mol. The number of ether oxygens (including phenoxy) is 1. The minimum absolute atomic E-state index is 0.473. The molecule has 104 valence electrons. The molecule has 1 heterocycles. The van der Waals surface area contributed by atoms with Crippen molar-refractivity contribution in [1.29, 1.82) is 0 Å². The zero-order valence-corrected chi connectivity index (χ0v) is 12.7. The number of rotatable bonds is 9. The molecule has 18 heavy (non-hydrogen) atoms. The molecule has 0 aliphatic heterocycles. The maximum atomic E-state index is 5.05. The largest absolute Gasteiger partial charge is 0.385 e. The maximum Gasteiger partial charge on any atom is 0.203 e. The molecule has 1 rings (SSSR count). The Hall–Kier alpha value is -0.680. The first-order valence-corrected chi connectivity index (χ1v) is 7.70. The van der Waals surface area contributed by atoms with Gasteiger partial charge in [-0.3, -0.25) is 0 Å². The first-order valence-electron chi connectivity index (χ1n) is 6.55. The molecule has 1 N–H and O–H groups in total. The van der Waals surface area contributed by atoms with Gasteiger partial charge in [0.15, 0.2) is 0 Å². The zero-order valence-electron chi connectivity index (χ0n) is 11.9. The molecule has 0 spiro atoms. The number of methoxy groups -OCH3 is 1. The van der Waals surface area contributed by atoms with Crippen LogP contribution in [0.2, 0.25) is 0 Å². The third kappa shape index (κ3) is 4.90.